The summed E-state index contributed by atoms with van der Waals surface area (Å²) in [5.41, 5.74) is 0.308. The molecule has 5 heteroatoms. The summed E-state index contributed by atoms with van der Waals surface area (Å²) >= 11 is 0. The third kappa shape index (κ3) is 2.87. The third-order valence-electron chi connectivity index (χ3n) is 3.90. The lowest BCUT2D eigenvalue weighted by Crippen LogP contribution is -2.42. The summed E-state index contributed by atoms with van der Waals surface area (Å²) in [4.78, 5) is 14.6. The van der Waals surface area contributed by atoms with Crippen LogP contribution in [0.4, 0.5) is 0 Å². The first-order valence-corrected chi connectivity index (χ1v) is 8.75. The van der Waals surface area contributed by atoms with E-state index in [-0.39, 0.29) is 22.6 Å². The quantitative estimate of drug-likeness (QED) is 0.861. The summed E-state index contributed by atoms with van der Waals surface area (Å²) in [6, 6.07) is 6.70. The summed E-state index contributed by atoms with van der Waals surface area (Å²) in [5.74, 6) is -0.155. The van der Waals surface area contributed by atoms with E-state index in [4.69, 9.17) is 0 Å². The third-order valence-corrected chi connectivity index (χ3v) is 5.68. The van der Waals surface area contributed by atoms with Gasteiger partial charge >= 0.3 is 0 Å². The van der Waals surface area contributed by atoms with Crippen LogP contribution in [0.2, 0.25) is 0 Å². The van der Waals surface area contributed by atoms with E-state index in [9.17, 15) is 13.2 Å². The van der Waals surface area contributed by atoms with Crippen LogP contribution >= 0.6 is 0 Å². The fourth-order valence-corrected chi connectivity index (χ4v) is 3.71. The highest BCUT2D eigenvalue weighted by Crippen LogP contribution is 2.23. The van der Waals surface area contributed by atoms with Crippen LogP contribution in [0, 0.1) is 0 Å². The van der Waals surface area contributed by atoms with E-state index in [0.29, 0.717) is 12.1 Å². The summed E-state index contributed by atoms with van der Waals surface area (Å²) < 4.78 is 24.2. The number of hydrogen-bond acceptors (Lipinski definition) is 3. The number of rotatable bonds is 3. The second-order valence-electron chi connectivity index (χ2n) is 5.24. The van der Waals surface area contributed by atoms with Crippen LogP contribution < -0.4 is 0 Å². The lowest BCUT2D eigenvalue weighted by molar-refractivity contribution is 0.0631. The molecule has 0 bridgehead atoms. The van der Waals surface area contributed by atoms with Crippen molar-refractivity contribution in [1.29, 1.82) is 0 Å². The number of benzene rings is 1. The van der Waals surface area contributed by atoms with E-state index in [1.807, 2.05) is 6.92 Å². The van der Waals surface area contributed by atoms with Gasteiger partial charge in [0.1, 0.15) is 0 Å². The number of amides is 1. The molecule has 1 fully saturated rings. The van der Waals surface area contributed by atoms with Crippen LogP contribution in [0.25, 0.3) is 0 Å². The minimum absolute atomic E-state index is 0.00679. The van der Waals surface area contributed by atoms with Crippen LogP contribution in [-0.4, -0.2) is 37.6 Å². The molecule has 0 aliphatic carbocycles. The molecular formula is C15H21NO3S. The standard InChI is InChI=1S/C15H21NO3S/c1-3-20(18,19)14-10-5-4-9-13(14)15(17)16-11-7-6-8-12(16)2/h4-5,9-10,12H,3,6-8,11H2,1-2H3/t12-/m1/s1. The van der Waals surface area contributed by atoms with Crippen molar-refractivity contribution in [2.24, 2.45) is 0 Å². The molecule has 1 aliphatic rings. The second-order valence-corrected chi connectivity index (χ2v) is 7.49. The fraction of sp³-hybridized carbons (Fsp3) is 0.533. The zero-order valence-electron chi connectivity index (χ0n) is 12.0. The Hall–Kier alpha value is -1.36. The molecule has 1 amide bonds. The Morgan fingerprint density at radius 3 is 2.65 bits per heavy atom. The summed E-state index contributed by atoms with van der Waals surface area (Å²) in [5, 5.41) is 0. The number of sulfone groups is 1. The largest absolute Gasteiger partial charge is 0.336 e. The Bertz CT molecular complexity index is 595. The Kier molecular flexibility index (Phi) is 4.48. The number of piperidine rings is 1. The first-order valence-electron chi connectivity index (χ1n) is 7.10. The topological polar surface area (TPSA) is 54.5 Å². The van der Waals surface area contributed by atoms with Gasteiger partial charge in [-0.2, -0.15) is 0 Å². The zero-order chi connectivity index (χ0) is 14.8. The maximum absolute atomic E-state index is 12.7. The van der Waals surface area contributed by atoms with Crippen LogP contribution in [0.1, 0.15) is 43.5 Å². The Balaban J connectivity index is 2.40. The average Bonchev–Trinajstić information content (AvgIpc) is 2.47. The van der Waals surface area contributed by atoms with Crippen LogP contribution in [0.3, 0.4) is 0 Å². The van der Waals surface area contributed by atoms with Gasteiger partial charge in [-0.3, -0.25) is 4.79 Å². The van der Waals surface area contributed by atoms with Gasteiger partial charge in [0.25, 0.3) is 5.91 Å². The summed E-state index contributed by atoms with van der Waals surface area (Å²) in [6.07, 6.45) is 3.09. The number of carbonyl (C=O) groups excluding carboxylic acids is 1. The highest BCUT2D eigenvalue weighted by atomic mass is 32.2. The van der Waals surface area contributed by atoms with Gasteiger partial charge in [0.05, 0.1) is 16.2 Å². The first kappa shape index (κ1) is 15.0. The molecule has 2 rings (SSSR count). The lowest BCUT2D eigenvalue weighted by Gasteiger charge is -2.33. The zero-order valence-corrected chi connectivity index (χ0v) is 12.8. The van der Waals surface area contributed by atoms with E-state index in [1.165, 1.54) is 6.07 Å². The van der Waals surface area contributed by atoms with Gasteiger partial charge < -0.3 is 4.90 Å². The number of hydrogen-bond donors (Lipinski definition) is 0. The van der Waals surface area contributed by atoms with E-state index in [2.05, 4.69) is 0 Å². The van der Waals surface area contributed by atoms with Gasteiger partial charge in [-0.15, -0.1) is 0 Å². The molecule has 1 aromatic carbocycles. The smallest absolute Gasteiger partial charge is 0.255 e. The van der Waals surface area contributed by atoms with Crippen molar-refractivity contribution in [3.05, 3.63) is 29.8 Å². The molecule has 0 aromatic heterocycles. The van der Waals surface area contributed by atoms with Crippen LogP contribution in [0.5, 0.6) is 0 Å². The molecule has 20 heavy (non-hydrogen) atoms. The van der Waals surface area contributed by atoms with Crippen molar-refractivity contribution >= 4 is 15.7 Å². The molecular weight excluding hydrogens is 274 g/mol. The van der Waals surface area contributed by atoms with Crippen molar-refractivity contribution in [1.82, 2.24) is 4.90 Å². The number of carbonyl (C=O) groups is 1. The second kappa shape index (κ2) is 5.95. The van der Waals surface area contributed by atoms with Gasteiger partial charge in [0.2, 0.25) is 0 Å². The molecule has 1 aliphatic heterocycles. The van der Waals surface area contributed by atoms with Crippen molar-refractivity contribution in [3.63, 3.8) is 0 Å². The minimum Gasteiger partial charge on any atom is -0.336 e. The van der Waals surface area contributed by atoms with E-state index in [0.717, 1.165) is 19.3 Å². The van der Waals surface area contributed by atoms with Gasteiger partial charge in [-0.1, -0.05) is 19.1 Å². The molecule has 0 N–H and O–H groups in total. The highest BCUT2D eigenvalue weighted by molar-refractivity contribution is 7.91. The lowest BCUT2D eigenvalue weighted by atomic mass is 10.0. The SMILES string of the molecule is CCS(=O)(=O)c1ccccc1C(=O)N1CCCC[C@H]1C. The molecule has 1 atom stereocenters. The van der Waals surface area contributed by atoms with E-state index in [1.54, 1.807) is 30.0 Å². The molecule has 1 aromatic rings. The average molecular weight is 295 g/mol. The van der Waals surface area contributed by atoms with E-state index < -0.39 is 9.84 Å². The minimum atomic E-state index is -3.38. The van der Waals surface area contributed by atoms with Gasteiger partial charge in [-0.25, -0.2) is 8.42 Å². The van der Waals surface area contributed by atoms with Crippen molar-refractivity contribution in [2.45, 2.75) is 44.0 Å². The van der Waals surface area contributed by atoms with Crippen molar-refractivity contribution in [3.8, 4) is 0 Å². The Morgan fingerprint density at radius 2 is 2.00 bits per heavy atom. The number of nitrogens with zero attached hydrogens (tertiary/aromatic N) is 1. The molecule has 0 saturated carbocycles. The maximum Gasteiger partial charge on any atom is 0.255 e. The van der Waals surface area contributed by atoms with Crippen LogP contribution in [0.15, 0.2) is 29.2 Å². The van der Waals surface area contributed by atoms with Gasteiger partial charge in [0, 0.05) is 12.6 Å². The van der Waals surface area contributed by atoms with Crippen LogP contribution in [-0.2, 0) is 9.84 Å². The molecule has 0 radical (unpaired) electrons. The first-order chi connectivity index (χ1) is 9.47. The molecule has 1 heterocycles. The normalized spacial score (nSPS) is 19.9. The Morgan fingerprint density at radius 1 is 1.30 bits per heavy atom. The molecule has 110 valence electrons. The van der Waals surface area contributed by atoms with E-state index >= 15 is 0 Å². The monoisotopic (exact) mass is 295 g/mol. The Labute approximate surface area is 120 Å². The molecule has 4 nitrogen and oxygen atoms in total. The fourth-order valence-electron chi connectivity index (χ4n) is 2.62. The molecule has 1 saturated heterocycles. The van der Waals surface area contributed by atoms with Crippen molar-refractivity contribution < 1.29 is 13.2 Å². The van der Waals surface area contributed by atoms with Crippen molar-refractivity contribution in [2.75, 3.05) is 12.3 Å². The summed E-state index contributed by atoms with van der Waals surface area (Å²) in [7, 11) is -3.38. The van der Waals surface area contributed by atoms with Gasteiger partial charge in [0.15, 0.2) is 9.84 Å². The predicted molar refractivity (Wildman–Crippen MR) is 78.5 cm³/mol. The van der Waals surface area contributed by atoms with Gasteiger partial charge in [-0.05, 0) is 38.3 Å². The maximum atomic E-state index is 12.7. The highest BCUT2D eigenvalue weighted by Gasteiger charge is 2.28. The molecule has 0 unspecified atom stereocenters. The number of likely N-dealkylation sites (tertiary alicyclic amines) is 1. The predicted octanol–water partition coefficient (Wildman–Crippen LogP) is 2.49. The molecule has 0 spiro atoms. The summed E-state index contributed by atoms with van der Waals surface area (Å²) in [6.45, 7) is 4.33.